The van der Waals surface area contributed by atoms with Crippen LogP contribution in [0.3, 0.4) is 0 Å². The number of hydrogen-bond acceptors (Lipinski definition) is 4. The summed E-state index contributed by atoms with van der Waals surface area (Å²) in [6.45, 7) is 7.09. The minimum Gasteiger partial charge on any atom is -0.376 e. The highest BCUT2D eigenvalue weighted by atomic mass is 16.5. The van der Waals surface area contributed by atoms with Crippen molar-refractivity contribution in [2.45, 2.75) is 39.0 Å². The third-order valence-electron chi connectivity index (χ3n) is 2.34. The van der Waals surface area contributed by atoms with E-state index in [-0.39, 0.29) is 18.2 Å². The van der Waals surface area contributed by atoms with Crippen LogP contribution in [0.15, 0.2) is 24.5 Å². The molecule has 0 aliphatic heterocycles. The molecule has 0 saturated carbocycles. The number of rotatable bonds is 7. The van der Waals surface area contributed by atoms with Gasteiger partial charge in [-0.1, -0.05) is 0 Å². The second-order valence-electron chi connectivity index (χ2n) is 4.35. The van der Waals surface area contributed by atoms with Crippen molar-refractivity contribution in [3.63, 3.8) is 0 Å². The largest absolute Gasteiger partial charge is 0.376 e. The van der Waals surface area contributed by atoms with Gasteiger partial charge in [-0.05, 0) is 38.5 Å². The molecular formula is C13H22N2O2. The maximum Gasteiger partial charge on any atom is 0.0975 e. The van der Waals surface area contributed by atoms with Gasteiger partial charge in [0.25, 0.3) is 0 Å². The molecule has 0 amide bonds. The Morgan fingerprint density at radius 2 is 1.71 bits per heavy atom. The molecule has 1 aromatic rings. The molecule has 17 heavy (non-hydrogen) atoms. The standard InChI is InChI=1S/C13H22N2O2/c1-10(2)16-8-9-17-13(11(3)14)12-4-6-15-7-5-12/h4-7,10-11,13H,8-9,14H2,1-3H3. The van der Waals surface area contributed by atoms with Gasteiger partial charge in [-0.3, -0.25) is 4.98 Å². The number of pyridine rings is 1. The van der Waals surface area contributed by atoms with E-state index < -0.39 is 0 Å². The van der Waals surface area contributed by atoms with Gasteiger partial charge in [0.05, 0.1) is 25.4 Å². The first-order valence-corrected chi connectivity index (χ1v) is 6.00. The third-order valence-corrected chi connectivity index (χ3v) is 2.34. The topological polar surface area (TPSA) is 57.4 Å². The summed E-state index contributed by atoms with van der Waals surface area (Å²) >= 11 is 0. The molecule has 0 bridgehead atoms. The number of ether oxygens (including phenoxy) is 2. The molecule has 0 fully saturated rings. The molecule has 1 heterocycles. The van der Waals surface area contributed by atoms with Gasteiger partial charge < -0.3 is 15.2 Å². The van der Waals surface area contributed by atoms with E-state index in [0.717, 1.165) is 5.56 Å². The van der Waals surface area contributed by atoms with Crippen molar-refractivity contribution < 1.29 is 9.47 Å². The molecule has 4 nitrogen and oxygen atoms in total. The SMILES string of the molecule is CC(C)OCCOC(c1ccncc1)C(C)N. The van der Waals surface area contributed by atoms with Crippen LogP contribution < -0.4 is 5.73 Å². The second-order valence-corrected chi connectivity index (χ2v) is 4.35. The molecule has 1 aromatic heterocycles. The summed E-state index contributed by atoms with van der Waals surface area (Å²) in [6.07, 6.45) is 3.62. The summed E-state index contributed by atoms with van der Waals surface area (Å²) < 4.78 is 11.2. The Kier molecular flexibility index (Phi) is 6.11. The van der Waals surface area contributed by atoms with Crippen molar-refractivity contribution in [1.29, 1.82) is 0 Å². The summed E-state index contributed by atoms with van der Waals surface area (Å²) in [7, 11) is 0. The minimum atomic E-state index is -0.103. The summed E-state index contributed by atoms with van der Waals surface area (Å²) in [5.41, 5.74) is 6.98. The third kappa shape index (κ3) is 5.26. The van der Waals surface area contributed by atoms with Crippen LogP contribution in [0.25, 0.3) is 0 Å². The van der Waals surface area contributed by atoms with E-state index in [0.29, 0.717) is 13.2 Å². The van der Waals surface area contributed by atoms with Crippen molar-refractivity contribution in [3.8, 4) is 0 Å². The van der Waals surface area contributed by atoms with Gasteiger partial charge in [-0.2, -0.15) is 0 Å². The molecule has 2 N–H and O–H groups in total. The fraction of sp³-hybridized carbons (Fsp3) is 0.615. The molecule has 2 unspecified atom stereocenters. The van der Waals surface area contributed by atoms with Crippen LogP contribution in [0.2, 0.25) is 0 Å². The van der Waals surface area contributed by atoms with E-state index in [1.54, 1.807) is 12.4 Å². The lowest BCUT2D eigenvalue weighted by molar-refractivity contribution is -0.0201. The first-order chi connectivity index (χ1) is 8.11. The average Bonchev–Trinajstić information content (AvgIpc) is 2.29. The van der Waals surface area contributed by atoms with Crippen LogP contribution in [0, 0.1) is 0 Å². The lowest BCUT2D eigenvalue weighted by atomic mass is 10.1. The summed E-state index contributed by atoms with van der Waals surface area (Å²) in [5, 5.41) is 0. The Labute approximate surface area is 103 Å². The van der Waals surface area contributed by atoms with Gasteiger partial charge in [-0.15, -0.1) is 0 Å². The van der Waals surface area contributed by atoms with E-state index in [1.165, 1.54) is 0 Å². The number of nitrogens with zero attached hydrogens (tertiary/aromatic N) is 1. The number of nitrogens with two attached hydrogens (primary N) is 1. The van der Waals surface area contributed by atoms with Crippen molar-refractivity contribution in [2.75, 3.05) is 13.2 Å². The second kappa shape index (κ2) is 7.37. The van der Waals surface area contributed by atoms with E-state index in [9.17, 15) is 0 Å². The zero-order valence-corrected chi connectivity index (χ0v) is 10.8. The number of aromatic nitrogens is 1. The Hall–Kier alpha value is -0.970. The van der Waals surface area contributed by atoms with Crippen molar-refractivity contribution in [2.24, 2.45) is 5.73 Å². The van der Waals surface area contributed by atoms with E-state index in [4.69, 9.17) is 15.2 Å². The van der Waals surface area contributed by atoms with Gasteiger partial charge in [0, 0.05) is 18.4 Å². The monoisotopic (exact) mass is 238 g/mol. The zero-order chi connectivity index (χ0) is 12.7. The normalized spacial score (nSPS) is 14.9. The molecule has 0 aliphatic carbocycles. The lowest BCUT2D eigenvalue weighted by Crippen LogP contribution is -2.28. The van der Waals surface area contributed by atoms with Crippen molar-refractivity contribution in [3.05, 3.63) is 30.1 Å². The van der Waals surface area contributed by atoms with Crippen LogP contribution in [0.5, 0.6) is 0 Å². The van der Waals surface area contributed by atoms with E-state index in [2.05, 4.69) is 4.98 Å². The summed E-state index contributed by atoms with van der Waals surface area (Å²) in [4.78, 5) is 3.99. The molecule has 0 aromatic carbocycles. The van der Waals surface area contributed by atoms with Gasteiger partial charge in [0.15, 0.2) is 0 Å². The lowest BCUT2D eigenvalue weighted by Gasteiger charge is -2.22. The molecule has 4 heteroatoms. The highest BCUT2D eigenvalue weighted by Crippen LogP contribution is 2.19. The van der Waals surface area contributed by atoms with Crippen LogP contribution in [-0.4, -0.2) is 30.3 Å². The average molecular weight is 238 g/mol. The van der Waals surface area contributed by atoms with Crippen LogP contribution in [-0.2, 0) is 9.47 Å². The van der Waals surface area contributed by atoms with Crippen LogP contribution in [0.1, 0.15) is 32.4 Å². The molecule has 0 saturated heterocycles. The molecule has 0 radical (unpaired) electrons. The number of hydrogen-bond donors (Lipinski definition) is 1. The Bertz CT molecular complexity index is 302. The molecule has 0 aliphatic rings. The zero-order valence-electron chi connectivity index (χ0n) is 10.8. The van der Waals surface area contributed by atoms with Gasteiger partial charge >= 0.3 is 0 Å². The van der Waals surface area contributed by atoms with Gasteiger partial charge in [-0.25, -0.2) is 0 Å². The molecule has 2 atom stereocenters. The van der Waals surface area contributed by atoms with Crippen molar-refractivity contribution in [1.82, 2.24) is 4.98 Å². The van der Waals surface area contributed by atoms with Crippen LogP contribution in [0.4, 0.5) is 0 Å². The highest BCUT2D eigenvalue weighted by Gasteiger charge is 2.16. The minimum absolute atomic E-state index is 0.0588. The van der Waals surface area contributed by atoms with E-state index >= 15 is 0 Å². The molecule has 0 spiro atoms. The maximum absolute atomic E-state index is 5.92. The smallest absolute Gasteiger partial charge is 0.0975 e. The fourth-order valence-corrected chi connectivity index (χ4v) is 1.56. The quantitative estimate of drug-likeness (QED) is 0.737. The van der Waals surface area contributed by atoms with Crippen molar-refractivity contribution >= 4 is 0 Å². The van der Waals surface area contributed by atoms with Gasteiger partial charge in [0.1, 0.15) is 0 Å². The molecular weight excluding hydrogens is 216 g/mol. The molecule has 1 rings (SSSR count). The molecule has 96 valence electrons. The Morgan fingerprint density at radius 3 is 2.24 bits per heavy atom. The predicted octanol–water partition coefficient (Wildman–Crippen LogP) is 1.91. The fourth-order valence-electron chi connectivity index (χ4n) is 1.56. The maximum atomic E-state index is 5.92. The summed E-state index contributed by atoms with van der Waals surface area (Å²) in [5.74, 6) is 0. The first kappa shape index (κ1) is 14.1. The van der Waals surface area contributed by atoms with Crippen LogP contribution >= 0.6 is 0 Å². The first-order valence-electron chi connectivity index (χ1n) is 6.00. The Balaban J connectivity index is 2.45. The van der Waals surface area contributed by atoms with Gasteiger partial charge in [0.2, 0.25) is 0 Å². The summed E-state index contributed by atoms with van der Waals surface area (Å²) in [6, 6.07) is 3.80. The highest BCUT2D eigenvalue weighted by molar-refractivity contribution is 5.14. The van der Waals surface area contributed by atoms with E-state index in [1.807, 2.05) is 32.9 Å². The predicted molar refractivity (Wildman–Crippen MR) is 67.7 cm³/mol. The Morgan fingerprint density at radius 1 is 1.12 bits per heavy atom.